The topological polar surface area (TPSA) is 15.3 Å². The van der Waals surface area contributed by atoms with Crippen molar-refractivity contribution in [2.24, 2.45) is 5.92 Å². The first-order chi connectivity index (χ1) is 5.54. The van der Waals surface area contributed by atoms with E-state index in [1.807, 2.05) is 6.20 Å². The Hall–Kier alpha value is -0.920. The zero-order valence-electron chi connectivity index (χ0n) is 8.39. The SMILES string of the molecule is C=C1C(C(C)C)=CNN1C(C)C. The van der Waals surface area contributed by atoms with Crippen molar-refractivity contribution < 1.29 is 0 Å². The van der Waals surface area contributed by atoms with E-state index in [0.717, 1.165) is 5.70 Å². The fourth-order valence-electron chi connectivity index (χ4n) is 1.40. The Balaban J connectivity index is 2.70. The lowest BCUT2D eigenvalue weighted by molar-refractivity contribution is 0.253. The highest BCUT2D eigenvalue weighted by atomic mass is 15.5. The van der Waals surface area contributed by atoms with E-state index in [2.05, 4.69) is 44.7 Å². The van der Waals surface area contributed by atoms with Gasteiger partial charge in [-0.25, -0.2) is 0 Å². The predicted molar refractivity (Wildman–Crippen MR) is 52.2 cm³/mol. The minimum atomic E-state index is 0.463. The van der Waals surface area contributed by atoms with E-state index in [9.17, 15) is 0 Å². The summed E-state index contributed by atoms with van der Waals surface area (Å²) in [4.78, 5) is 0. The Kier molecular flexibility index (Phi) is 2.46. The molecule has 1 N–H and O–H groups in total. The maximum absolute atomic E-state index is 4.05. The zero-order valence-corrected chi connectivity index (χ0v) is 8.39. The van der Waals surface area contributed by atoms with E-state index in [-0.39, 0.29) is 0 Å². The van der Waals surface area contributed by atoms with Crippen LogP contribution in [0.4, 0.5) is 0 Å². The smallest absolute Gasteiger partial charge is 0.0552 e. The highest BCUT2D eigenvalue weighted by Gasteiger charge is 2.21. The zero-order chi connectivity index (χ0) is 9.30. The molecule has 0 aromatic carbocycles. The van der Waals surface area contributed by atoms with E-state index >= 15 is 0 Å². The maximum Gasteiger partial charge on any atom is 0.0552 e. The van der Waals surface area contributed by atoms with Gasteiger partial charge in [-0.2, -0.15) is 0 Å². The number of hydrogen-bond donors (Lipinski definition) is 1. The Bertz CT molecular complexity index is 214. The van der Waals surface area contributed by atoms with E-state index < -0.39 is 0 Å². The van der Waals surface area contributed by atoms with Crippen molar-refractivity contribution in [1.82, 2.24) is 10.4 Å². The van der Waals surface area contributed by atoms with Gasteiger partial charge in [0.1, 0.15) is 0 Å². The monoisotopic (exact) mass is 166 g/mol. The first-order valence-electron chi connectivity index (χ1n) is 4.48. The standard InChI is InChI=1S/C10H18N2/c1-7(2)10-6-11-12(8(3)4)9(10)5/h6-8,11H,5H2,1-4H3. The van der Waals surface area contributed by atoms with Crippen LogP contribution in [0.3, 0.4) is 0 Å². The van der Waals surface area contributed by atoms with Crippen LogP contribution in [0.15, 0.2) is 24.0 Å². The van der Waals surface area contributed by atoms with Crippen LogP contribution in [-0.2, 0) is 0 Å². The van der Waals surface area contributed by atoms with Gasteiger partial charge in [0.2, 0.25) is 0 Å². The first kappa shape index (κ1) is 9.17. The molecule has 12 heavy (non-hydrogen) atoms. The van der Waals surface area contributed by atoms with E-state index in [1.54, 1.807) is 0 Å². The Morgan fingerprint density at radius 1 is 1.33 bits per heavy atom. The number of nitrogens with one attached hydrogen (secondary N) is 1. The van der Waals surface area contributed by atoms with Crippen LogP contribution in [0.1, 0.15) is 27.7 Å². The summed E-state index contributed by atoms with van der Waals surface area (Å²) >= 11 is 0. The van der Waals surface area contributed by atoms with Gasteiger partial charge in [0.25, 0.3) is 0 Å². The second-order valence-corrected chi connectivity index (χ2v) is 3.79. The summed E-state index contributed by atoms with van der Waals surface area (Å²) in [6.07, 6.45) is 2.05. The molecular weight excluding hydrogens is 148 g/mol. The van der Waals surface area contributed by atoms with E-state index in [1.165, 1.54) is 5.57 Å². The van der Waals surface area contributed by atoms with Crippen molar-refractivity contribution in [2.75, 3.05) is 0 Å². The van der Waals surface area contributed by atoms with Crippen molar-refractivity contribution in [3.05, 3.63) is 24.0 Å². The number of rotatable bonds is 2. The molecule has 2 nitrogen and oxygen atoms in total. The maximum atomic E-state index is 4.05. The molecule has 0 aromatic rings. The highest BCUT2D eigenvalue weighted by Crippen LogP contribution is 2.25. The molecule has 0 radical (unpaired) electrons. The summed E-state index contributed by atoms with van der Waals surface area (Å²) in [5.74, 6) is 0.550. The summed E-state index contributed by atoms with van der Waals surface area (Å²) in [7, 11) is 0. The molecule has 2 heteroatoms. The summed E-state index contributed by atoms with van der Waals surface area (Å²) in [5.41, 5.74) is 5.63. The third-order valence-electron chi connectivity index (χ3n) is 2.12. The number of hydrogen-bond acceptors (Lipinski definition) is 2. The quantitative estimate of drug-likeness (QED) is 0.677. The van der Waals surface area contributed by atoms with E-state index in [0.29, 0.717) is 12.0 Å². The van der Waals surface area contributed by atoms with Gasteiger partial charge < -0.3 is 5.43 Å². The molecule has 1 aliphatic heterocycles. The van der Waals surface area contributed by atoms with Crippen molar-refractivity contribution in [2.45, 2.75) is 33.7 Å². The minimum absolute atomic E-state index is 0.463. The molecule has 0 atom stereocenters. The average molecular weight is 166 g/mol. The lowest BCUT2D eigenvalue weighted by Crippen LogP contribution is -2.35. The molecule has 0 saturated heterocycles. The molecule has 1 aliphatic rings. The van der Waals surface area contributed by atoms with Crippen LogP contribution in [0.5, 0.6) is 0 Å². The van der Waals surface area contributed by atoms with Crippen LogP contribution < -0.4 is 5.43 Å². The fourth-order valence-corrected chi connectivity index (χ4v) is 1.40. The van der Waals surface area contributed by atoms with Crippen LogP contribution >= 0.6 is 0 Å². The highest BCUT2D eigenvalue weighted by molar-refractivity contribution is 5.32. The Morgan fingerprint density at radius 2 is 1.92 bits per heavy atom. The van der Waals surface area contributed by atoms with Gasteiger partial charge in [0, 0.05) is 12.2 Å². The molecule has 0 saturated carbocycles. The van der Waals surface area contributed by atoms with E-state index in [4.69, 9.17) is 0 Å². The number of allylic oxidation sites excluding steroid dienone is 1. The van der Waals surface area contributed by atoms with Crippen molar-refractivity contribution in [3.8, 4) is 0 Å². The minimum Gasteiger partial charge on any atom is -0.305 e. The lowest BCUT2D eigenvalue weighted by Gasteiger charge is -2.25. The predicted octanol–water partition coefficient (Wildman–Crippen LogP) is 2.27. The molecule has 0 fully saturated rings. The Morgan fingerprint density at radius 3 is 2.17 bits per heavy atom. The third kappa shape index (κ3) is 1.47. The van der Waals surface area contributed by atoms with Gasteiger partial charge >= 0.3 is 0 Å². The molecule has 1 rings (SSSR count). The van der Waals surface area contributed by atoms with Gasteiger partial charge in [-0.15, -0.1) is 0 Å². The van der Waals surface area contributed by atoms with Crippen LogP contribution in [0.25, 0.3) is 0 Å². The average Bonchev–Trinajstić information content (AvgIpc) is 2.30. The molecule has 0 amide bonds. The Labute approximate surface area is 74.9 Å². The molecule has 0 aromatic heterocycles. The largest absolute Gasteiger partial charge is 0.305 e. The first-order valence-corrected chi connectivity index (χ1v) is 4.48. The molecule has 0 aliphatic carbocycles. The summed E-state index contributed by atoms with van der Waals surface area (Å²) in [6, 6.07) is 0.463. The second-order valence-electron chi connectivity index (χ2n) is 3.79. The van der Waals surface area contributed by atoms with Gasteiger partial charge in [-0.3, -0.25) is 5.01 Å². The molecule has 0 unspecified atom stereocenters. The summed E-state index contributed by atoms with van der Waals surface area (Å²) in [6.45, 7) is 12.7. The van der Waals surface area contributed by atoms with Crippen LogP contribution in [0.2, 0.25) is 0 Å². The molecular formula is C10H18N2. The lowest BCUT2D eigenvalue weighted by atomic mass is 10.0. The molecule has 1 heterocycles. The fraction of sp³-hybridized carbons (Fsp3) is 0.600. The second kappa shape index (κ2) is 3.21. The van der Waals surface area contributed by atoms with Crippen molar-refractivity contribution in [1.29, 1.82) is 0 Å². The van der Waals surface area contributed by atoms with Crippen LogP contribution in [0, 0.1) is 5.92 Å². The molecule has 0 spiro atoms. The van der Waals surface area contributed by atoms with Gasteiger partial charge in [-0.05, 0) is 25.3 Å². The summed E-state index contributed by atoms with van der Waals surface area (Å²) < 4.78 is 0. The van der Waals surface area contributed by atoms with Crippen LogP contribution in [-0.4, -0.2) is 11.1 Å². The summed E-state index contributed by atoms with van der Waals surface area (Å²) in [5, 5.41) is 2.09. The number of nitrogens with zero attached hydrogens (tertiary/aromatic N) is 1. The van der Waals surface area contributed by atoms with Crippen molar-refractivity contribution >= 4 is 0 Å². The normalized spacial score (nSPS) is 17.3. The van der Waals surface area contributed by atoms with Gasteiger partial charge in [-0.1, -0.05) is 20.4 Å². The van der Waals surface area contributed by atoms with Gasteiger partial charge in [0.05, 0.1) is 5.70 Å². The van der Waals surface area contributed by atoms with Crippen molar-refractivity contribution in [3.63, 3.8) is 0 Å². The molecule has 68 valence electrons. The number of hydrazine groups is 1. The third-order valence-corrected chi connectivity index (χ3v) is 2.12. The van der Waals surface area contributed by atoms with Gasteiger partial charge in [0.15, 0.2) is 0 Å². The molecule has 0 bridgehead atoms.